The minimum absolute atomic E-state index is 0.320. The Morgan fingerprint density at radius 1 is 0.931 bits per heavy atom. The van der Waals surface area contributed by atoms with Crippen LogP contribution >= 0.6 is 0 Å². The van der Waals surface area contributed by atoms with Gasteiger partial charge in [0.15, 0.2) is 0 Å². The molecule has 0 unspecified atom stereocenters. The van der Waals surface area contributed by atoms with E-state index in [9.17, 15) is 9.59 Å². The van der Waals surface area contributed by atoms with Crippen molar-refractivity contribution in [3.63, 3.8) is 0 Å². The van der Waals surface area contributed by atoms with Crippen LogP contribution in [0.15, 0.2) is 60.8 Å². The van der Waals surface area contributed by atoms with Gasteiger partial charge in [-0.15, -0.1) is 0 Å². The summed E-state index contributed by atoms with van der Waals surface area (Å²) in [4.78, 5) is 30.1. The predicted molar refractivity (Wildman–Crippen MR) is 112 cm³/mol. The Kier molecular flexibility index (Phi) is 4.68. The molecule has 0 aliphatic carbocycles. The molecular weight excluding hydrogens is 364 g/mol. The number of aryl methyl sites for hydroxylation is 2. The van der Waals surface area contributed by atoms with Crippen molar-refractivity contribution in [3.8, 4) is 5.69 Å². The van der Waals surface area contributed by atoms with E-state index in [2.05, 4.69) is 15.4 Å². The highest BCUT2D eigenvalue weighted by Gasteiger charge is 2.25. The number of para-hydroxylation sites is 1. The molecule has 0 atom stereocenters. The number of carbonyl (C=O) groups excluding carboxylic acids is 2. The van der Waals surface area contributed by atoms with Gasteiger partial charge in [-0.05, 0) is 56.7 Å². The lowest BCUT2D eigenvalue weighted by Crippen LogP contribution is -2.24. The molecule has 2 aromatic heterocycles. The summed E-state index contributed by atoms with van der Waals surface area (Å²) >= 11 is 0. The molecule has 29 heavy (non-hydrogen) atoms. The Bertz CT molecular complexity index is 1240. The third-order valence-electron chi connectivity index (χ3n) is 4.94. The van der Waals surface area contributed by atoms with Crippen LogP contribution in [-0.2, 0) is 4.79 Å². The van der Waals surface area contributed by atoms with E-state index < -0.39 is 11.7 Å². The summed E-state index contributed by atoms with van der Waals surface area (Å²) in [6, 6.07) is 16.9. The van der Waals surface area contributed by atoms with Crippen LogP contribution in [0.25, 0.3) is 16.6 Å². The molecule has 0 fully saturated rings. The first-order valence-corrected chi connectivity index (χ1v) is 9.29. The summed E-state index contributed by atoms with van der Waals surface area (Å²) in [6.45, 7) is 5.48. The van der Waals surface area contributed by atoms with Gasteiger partial charge in [-0.1, -0.05) is 24.3 Å². The first kappa shape index (κ1) is 18.6. The topological polar surface area (TPSA) is 76.9 Å². The second kappa shape index (κ2) is 7.31. The predicted octanol–water partition coefficient (Wildman–Crippen LogP) is 4.17. The summed E-state index contributed by atoms with van der Waals surface area (Å²) in [5, 5.41) is 8.00. The van der Waals surface area contributed by atoms with Crippen molar-refractivity contribution < 1.29 is 9.59 Å². The highest BCUT2D eigenvalue weighted by Crippen LogP contribution is 2.25. The van der Waals surface area contributed by atoms with E-state index in [0.29, 0.717) is 22.6 Å². The van der Waals surface area contributed by atoms with E-state index in [1.165, 1.54) is 0 Å². The van der Waals surface area contributed by atoms with Crippen LogP contribution in [0.5, 0.6) is 0 Å². The van der Waals surface area contributed by atoms with Crippen molar-refractivity contribution in [2.45, 2.75) is 20.8 Å². The fraction of sp³-hybridized carbons (Fsp3) is 0.130. The van der Waals surface area contributed by atoms with Crippen LogP contribution in [0.4, 0.5) is 5.69 Å². The molecule has 6 nitrogen and oxygen atoms in total. The quantitative estimate of drug-likeness (QED) is 0.423. The minimum atomic E-state index is -0.696. The van der Waals surface area contributed by atoms with Crippen LogP contribution in [0.1, 0.15) is 27.3 Å². The van der Waals surface area contributed by atoms with Gasteiger partial charge in [-0.2, -0.15) is 5.10 Å². The Labute approximate surface area is 168 Å². The van der Waals surface area contributed by atoms with Gasteiger partial charge < -0.3 is 5.32 Å². The van der Waals surface area contributed by atoms with Crippen molar-refractivity contribution in [3.05, 3.63) is 83.3 Å². The van der Waals surface area contributed by atoms with E-state index in [-0.39, 0.29) is 0 Å². The van der Waals surface area contributed by atoms with Gasteiger partial charge in [-0.25, -0.2) is 4.68 Å². The molecule has 0 saturated carbocycles. The van der Waals surface area contributed by atoms with Crippen molar-refractivity contribution in [1.29, 1.82) is 0 Å². The molecule has 4 aromatic rings. The van der Waals surface area contributed by atoms with Crippen LogP contribution in [0, 0.1) is 20.8 Å². The summed E-state index contributed by atoms with van der Waals surface area (Å²) in [5.41, 5.74) is 4.65. The highest BCUT2D eigenvalue weighted by molar-refractivity contribution is 6.47. The van der Waals surface area contributed by atoms with E-state index in [1.54, 1.807) is 36.9 Å². The average Bonchev–Trinajstić information content (AvgIpc) is 3.04. The zero-order chi connectivity index (χ0) is 20.5. The molecule has 4 rings (SSSR count). The molecule has 6 heteroatoms. The smallest absolute Gasteiger partial charge is 0.296 e. The first-order chi connectivity index (χ1) is 14.0. The number of aromatic nitrogens is 3. The van der Waals surface area contributed by atoms with Crippen LogP contribution in [-0.4, -0.2) is 26.5 Å². The number of nitrogens with one attached hydrogen (secondary N) is 1. The number of rotatable bonds is 4. The molecule has 0 radical (unpaired) electrons. The Hall–Kier alpha value is -3.80. The van der Waals surface area contributed by atoms with Gasteiger partial charge in [0.25, 0.3) is 11.7 Å². The second-order valence-corrected chi connectivity index (χ2v) is 6.91. The van der Waals surface area contributed by atoms with Crippen molar-refractivity contribution in [1.82, 2.24) is 14.8 Å². The number of Topliss-reactive ketones (excluding diaryl/α,β-unsaturated/α-hetero) is 1. The fourth-order valence-corrected chi connectivity index (χ4v) is 3.51. The first-order valence-electron chi connectivity index (χ1n) is 9.29. The number of hydrogen-bond donors (Lipinski definition) is 1. The molecule has 0 bridgehead atoms. The monoisotopic (exact) mass is 384 g/mol. The number of amides is 1. The summed E-state index contributed by atoms with van der Waals surface area (Å²) < 4.78 is 1.68. The standard InChI is InChI=1S/C23H20N4O2/c1-14-11-12-19(18-10-7-13-24-21(14)18)25-23(29)22(28)20-15(2)26-27(16(20)3)17-8-5-4-6-9-17/h4-13H,1-3H3,(H,25,29). The summed E-state index contributed by atoms with van der Waals surface area (Å²) in [5.74, 6) is -1.31. The number of fused-ring (bicyclic) bond motifs is 1. The normalized spacial score (nSPS) is 10.9. The Balaban J connectivity index is 1.67. The lowest BCUT2D eigenvalue weighted by Gasteiger charge is -2.10. The zero-order valence-corrected chi connectivity index (χ0v) is 16.4. The Morgan fingerprint density at radius 2 is 1.69 bits per heavy atom. The van der Waals surface area contributed by atoms with E-state index >= 15 is 0 Å². The molecule has 2 heterocycles. The lowest BCUT2D eigenvalue weighted by atomic mass is 10.1. The molecule has 0 aliphatic heterocycles. The molecule has 1 N–H and O–H groups in total. The van der Waals surface area contributed by atoms with Crippen molar-refractivity contribution in [2.75, 3.05) is 5.32 Å². The number of anilines is 1. The second-order valence-electron chi connectivity index (χ2n) is 6.91. The number of hydrogen-bond acceptors (Lipinski definition) is 4. The average molecular weight is 384 g/mol. The SMILES string of the molecule is Cc1nn(-c2ccccc2)c(C)c1C(=O)C(=O)Nc1ccc(C)c2ncccc12. The fourth-order valence-electron chi connectivity index (χ4n) is 3.51. The van der Waals surface area contributed by atoms with Gasteiger partial charge in [0.2, 0.25) is 0 Å². The maximum Gasteiger partial charge on any atom is 0.296 e. The van der Waals surface area contributed by atoms with Crippen LogP contribution < -0.4 is 5.32 Å². The number of carbonyl (C=O) groups is 2. The van der Waals surface area contributed by atoms with Crippen LogP contribution in [0.3, 0.4) is 0 Å². The van der Waals surface area contributed by atoms with Crippen LogP contribution in [0.2, 0.25) is 0 Å². The van der Waals surface area contributed by atoms with E-state index in [0.717, 1.165) is 22.2 Å². The highest BCUT2D eigenvalue weighted by atomic mass is 16.2. The van der Waals surface area contributed by atoms with Crippen molar-refractivity contribution in [2.24, 2.45) is 0 Å². The van der Waals surface area contributed by atoms with E-state index in [1.807, 2.05) is 49.4 Å². The summed E-state index contributed by atoms with van der Waals surface area (Å²) in [7, 11) is 0. The Morgan fingerprint density at radius 3 is 2.45 bits per heavy atom. The lowest BCUT2D eigenvalue weighted by molar-refractivity contribution is -0.112. The number of ketones is 1. The number of pyridine rings is 1. The van der Waals surface area contributed by atoms with Gasteiger partial charge in [0, 0.05) is 11.6 Å². The van der Waals surface area contributed by atoms with Gasteiger partial charge >= 0.3 is 0 Å². The third kappa shape index (κ3) is 3.29. The third-order valence-corrected chi connectivity index (χ3v) is 4.94. The molecule has 2 aromatic carbocycles. The minimum Gasteiger partial charge on any atom is -0.318 e. The molecule has 0 aliphatic rings. The van der Waals surface area contributed by atoms with Crippen molar-refractivity contribution >= 4 is 28.3 Å². The van der Waals surface area contributed by atoms with Gasteiger partial charge in [0.05, 0.1) is 33.8 Å². The molecule has 0 spiro atoms. The maximum atomic E-state index is 13.0. The molecule has 1 amide bonds. The van der Waals surface area contributed by atoms with Gasteiger partial charge in [-0.3, -0.25) is 14.6 Å². The molecule has 144 valence electrons. The number of benzene rings is 2. The maximum absolute atomic E-state index is 13.0. The largest absolute Gasteiger partial charge is 0.318 e. The summed E-state index contributed by atoms with van der Waals surface area (Å²) in [6.07, 6.45) is 1.71. The zero-order valence-electron chi connectivity index (χ0n) is 16.4. The molecular formula is C23H20N4O2. The number of nitrogens with zero attached hydrogens (tertiary/aromatic N) is 3. The van der Waals surface area contributed by atoms with E-state index in [4.69, 9.17) is 0 Å². The molecule has 0 saturated heterocycles. The van der Waals surface area contributed by atoms with Gasteiger partial charge in [0.1, 0.15) is 0 Å².